The summed E-state index contributed by atoms with van der Waals surface area (Å²) in [5.74, 6) is 1.23. The van der Waals surface area contributed by atoms with Crippen LogP contribution in [0, 0.1) is 0 Å². The maximum absolute atomic E-state index is 11.7. The number of sulfone groups is 1. The maximum Gasteiger partial charge on any atom is 0.178 e. The predicted molar refractivity (Wildman–Crippen MR) is 67.0 cm³/mol. The van der Waals surface area contributed by atoms with Gasteiger partial charge in [-0.25, -0.2) is 8.42 Å². The molecule has 0 aliphatic carbocycles. The van der Waals surface area contributed by atoms with Gasteiger partial charge in [0.25, 0.3) is 0 Å². The van der Waals surface area contributed by atoms with Crippen molar-refractivity contribution in [1.82, 2.24) is 0 Å². The zero-order valence-electron chi connectivity index (χ0n) is 9.51. The topological polar surface area (TPSA) is 52.6 Å². The van der Waals surface area contributed by atoms with E-state index in [1.807, 2.05) is 0 Å². The summed E-state index contributed by atoms with van der Waals surface area (Å²) >= 11 is 0. The number of fused-ring (bicyclic) bond motifs is 1. The van der Waals surface area contributed by atoms with Gasteiger partial charge in [0, 0.05) is 12.5 Å². The van der Waals surface area contributed by atoms with Gasteiger partial charge < -0.3 is 9.47 Å². The third-order valence-corrected chi connectivity index (χ3v) is 4.19. The molecule has 1 aromatic rings. The van der Waals surface area contributed by atoms with Crippen LogP contribution in [0.25, 0.3) is 0 Å². The lowest BCUT2D eigenvalue weighted by molar-refractivity contribution is 0.297. The highest BCUT2D eigenvalue weighted by atomic mass is 35.5. The standard InChI is InChI=1S/C11H14O4S.ClH/c1-2-16(12,13)9-4-5-10-11(8-9)15-7-3-6-14-10;/h4-5,8H,2-3,6-7H2,1H3;1H. The summed E-state index contributed by atoms with van der Waals surface area (Å²) in [6.07, 6.45) is 0.810. The fourth-order valence-electron chi connectivity index (χ4n) is 1.50. The number of rotatable bonds is 2. The minimum atomic E-state index is -3.18. The average molecular weight is 279 g/mol. The average Bonchev–Trinajstić information content (AvgIpc) is 2.53. The molecule has 0 saturated heterocycles. The van der Waals surface area contributed by atoms with Crippen molar-refractivity contribution in [2.75, 3.05) is 19.0 Å². The van der Waals surface area contributed by atoms with Crippen LogP contribution in [0.1, 0.15) is 13.3 Å². The van der Waals surface area contributed by atoms with Crippen LogP contribution < -0.4 is 9.47 Å². The summed E-state index contributed by atoms with van der Waals surface area (Å²) in [7, 11) is -3.18. The maximum atomic E-state index is 11.7. The van der Waals surface area contributed by atoms with Crippen LogP contribution in [-0.4, -0.2) is 27.4 Å². The van der Waals surface area contributed by atoms with Crippen molar-refractivity contribution >= 4 is 22.2 Å². The Morgan fingerprint density at radius 3 is 2.47 bits per heavy atom. The summed E-state index contributed by atoms with van der Waals surface area (Å²) < 4.78 is 34.2. The van der Waals surface area contributed by atoms with Gasteiger partial charge in [-0.1, -0.05) is 6.92 Å². The summed E-state index contributed by atoms with van der Waals surface area (Å²) in [4.78, 5) is 0.291. The number of hydrogen-bond acceptors (Lipinski definition) is 4. The second kappa shape index (κ2) is 5.60. The monoisotopic (exact) mass is 278 g/mol. The molecule has 0 amide bonds. The van der Waals surface area contributed by atoms with Gasteiger partial charge in [-0.05, 0) is 12.1 Å². The van der Waals surface area contributed by atoms with Crippen molar-refractivity contribution in [3.63, 3.8) is 0 Å². The van der Waals surface area contributed by atoms with E-state index < -0.39 is 9.84 Å². The van der Waals surface area contributed by atoms with Gasteiger partial charge in [-0.15, -0.1) is 12.4 Å². The second-order valence-electron chi connectivity index (χ2n) is 3.56. The molecule has 17 heavy (non-hydrogen) atoms. The smallest absolute Gasteiger partial charge is 0.178 e. The zero-order chi connectivity index (χ0) is 11.6. The molecule has 1 heterocycles. The molecule has 0 atom stereocenters. The highest BCUT2D eigenvalue weighted by Crippen LogP contribution is 2.32. The Bertz CT molecular complexity index is 484. The van der Waals surface area contributed by atoms with E-state index in [4.69, 9.17) is 9.47 Å². The van der Waals surface area contributed by atoms with E-state index in [0.717, 1.165) is 6.42 Å². The SMILES string of the molecule is CCS(=O)(=O)c1ccc2c(c1)OCCCO2.Cl. The Labute approximate surface area is 107 Å². The first-order valence-corrected chi connectivity index (χ1v) is 6.91. The molecular weight excluding hydrogens is 264 g/mol. The van der Waals surface area contributed by atoms with Crippen molar-refractivity contribution in [3.8, 4) is 11.5 Å². The third-order valence-electron chi connectivity index (χ3n) is 2.46. The molecule has 0 saturated carbocycles. The van der Waals surface area contributed by atoms with Crippen LogP contribution in [0.5, 0.6) is 11.5 Å². The first-order valence-electron chi connectivity index (χ1n) is 5.26. The van der Waals surface area contributed by atoms with Crippen molar-refractivity contribution in [2.45, 2.75) is 18.2 Å². The minimum absolute atomic E-state index is 0. The number of hydrogen-bond donors (Lipinski definition) is 0. The molecule has 2 rings (SSSR count). The van der Waals surface area contributed by atoms with E-state index in [1.165, 1.54) is 0 Å². The van der Waals surface area contributed by atoms with E-state index >= 15 is 0 Å². The Morgan fingerprint density at radius 1 is 1.18 bits per heavy atom. The number of halogens is 1. The molecule has 0 radical (unpaired) electrons. The second-order valence-corrected chi connectivity index (χ2v) is 5.84. The Balaban J connectivity index is 0.00000144. The molecule has 96 valence electrons. The van der Waals surface area contributed by atoms with Crippen LogP contribution in [0.15, 0.2) is 23.1 Å². The first kappa shape index (κ1) is 14.1. The molecule has 0 aromatic heterocycles. The third kappa shape index (κ3) is 3.04. The van der Waals surface area contributed by atoms with E-state index in [1.54, 1.807) is 25.1 Å². The van der Waals surface area contributed by atoms with Gasteiger partial charge in [0.2, 0.25) is 0 Å². The van der Waals surface area contributed by atoms with Gasteiger partial charge in [0.05, 0.1) is 23.9 Å². The minimum Gasteiger partial charge on any atom is -0.490 e. The molecule has 6 heteroatoms. The molecular formula is C11H15ClO4S. The molecule has 0 fully saturated rings. The summed E-state index contributed by atoms with van der Waals surface area (Å²) in [5.41, 5.74) is 0. The van der Waals surface area contributed by atoms with Crippen LogP contribution in [0.3, 0.4) is 0 Å². The largest absolute Gasteiger partial charge is 0.490 e. The number of benzene rings is 1. The molecule has 1 aromatic carbocycles. The van der Waals surface area contributed by atoms with Crippen molar-refractivity contribution in [1.29, 1.82) is 0 Å². The first-order chi connectivity index (χ1) is 7.63. The molecule has 0 unspecified atom stereocenters. The summed E-state index contributed by atoms with van der Waals surface area (Å²) in [6, 6.07) is 4.76. The van der Waals surface area contributed by atoms with Gasteiger partial charge in [0.1, 0.15) is 0 Å². The van der Waals surface area contributed by atoms with Crippen molar-refractivity contribution < 1.29 is 17.9 Å². The highest BCUT2D eigenvalue weighted by molar-refractivity contribution is 7.91. The van der Waals surface area contributed by atoms with Crippen LogP contribution in [-0.2, 0) is 9.84 Å². The van der Waals surface area contributed by atoms with E-state index in [-0.39, 0.29) is 18.2 Å². The summed E-state index contributed by atoms with van der Waals surface area (Å²) in [6.45, 7) is 2.79. The van der Waals surface area contributed by atoms with Crippen LogP contribution >= 0.6 is 12.4 Å². The van der Waals surface area contributed by atoms with Crippen molar-refractivity contribution in [3.05, 3.63) is 18.2 Å². The molecule has 0 spiro atoms. The van der Waals surface area contributed by atoms with E-state index in [0.29, 0.717) is 29.6 Å². The summed E-state index contributed by atoms with van der Waals surface area (Å²) in [5, 5.41) is 0. The molecule has 1 aliphatic heterocycles. The zero-order valence-corrected chi connectivity index (χ0v) is 11.1. The predicted octanol–water partition coefficient (Wildman–Crippen LogP) is 2.06. The Morgan fingerprint density at radius 2 is 1.82 bits per heavy atom. The van der Waals surface area contributed by atoms with E-state index in [9.17, 15) is 8.42 Å². The molecule has 0 bridgehead atoms. The van der Waals surface area contributed by atoms with Gasteiger partial charge >= 0.3 is 0 Å². The normalized spacial score (nSPS) is 14.6. The molecule has 1 aliphatic rings. The lowest BCUT2D eigenvalue weighted by Gasteiger charge is -2.08. The lowest BCUT2D eigenvalue weighted by Crippen LogP contribution is -2.04. The fourth-order valence-corrected chi connectivity index (χ4v) is 2.40. The van der Waals surface area contributed by atoms with Gasteiger partial charge in [-0.3, -0.25) is 0 Å². The fraction of sp³-hybridized carbons (Fsp3) is 0.455. The number of ether oxygens (including phenoxy) is 2. The van der Waals surface area contributed by atoms with E-state index in [2.05, 4.69) is 0 Å². The molecule has 0 N–H and O–H groups in total. The quantitative estimate of drug-likeness (QED) is 0.831. The Hall–Kier alpha value is -0.940. The van der Waals surface area contributed by atoms with Crippen LogP contribution in [0.4, 0.5) is 0 Å². The molecule has 4 nitrogen and oxygen atoms in total. The van der Waals surface area contributed by atoms with Crippen LogP contribution in [0.2, 0.25) is 0 Å². The highest BCUT2D eigenvalue weighted by Gasteiger charge is 2.16. The van der Waals surface area contributed by atoms with Gasteiger partial charge in [-0.2, -0.15) is 0 Å². The van der Waals surface area contributed by atoms with Crippen molar-refractivity contribution in [2.24, 2.45) is 0 Å². The Kier molecular flexibility index (Phi) is 4.65. The van der Waals surface area contributed by atoms with Gasteiger partial charge in [0.15, 0.2) is 21.3 Å². The lowest BCUT2D eigenvalue weighted by atomic mass is 10.3.